The fourth-order valence-corrected chi connectivity index (χ4v) is 2.89. The molecule has 9 heteroatoms. The second kappa shape index (κ2) is 8.34. The van der Waals surface area contributed by atoms with Crippen molar-refractivity contribution in [1.82, 2.24) is 4.72 Å². The minimum Gasteiger partial charge on any atom is -0.484 e. The molecule has 0 aromatic heterocycles. The predicted molar refractivity (Wildman–Crippen MR) is 94.5 cm³/mol. The Hall–Kier alpha value is -3.07. The van der Waals surface area contributed by atoms with Gasteiger partial charge in [-0.25, -0.2) is 17.9 Å². The van der Waals surface area contributed by atoms with E-state index in [0.29, 0.717) is 11.4 Å². The van der Waals surface area contributed by atoms with Gasteiger partial charge in [-0.1, -0.05) is 12.1 Å². The van der Waals surface area contributed by atoms with Crippen LogP contribution < -0.4 is 14.8 Å². The molecule has 26 heavy (non-hydrogen) atoms. The highest BCUT2D eigenvalue weighted by atomic mass is 32.2. The van der Waals surface area contributed by atoms with Gasteiger partial charge in [0.05, 0.1) is 12.0 Å². The summed E-state index contributed by atoms with van der Waals surface area (Å²) in [6.45, 7) is 1.73. The van der Waals surface area contributed by atoms with Gasteiger partial charge < -0.3 is 14.8 Å². The van der Waals surface area contributed by atoms with E-state index in [2.05, 4.69) is 10.1 Å². The first kappa shape index (κ1) is 19.3. The summed E-state index contributed by atoms with van der Waals surface area (Å²) in [5.74, 6) is 0.185. The van der Waals surface area contributed by atoms with Crippen LogP contribution >= 0.6 is 0 Å². The minimum atomic E-state index is -4.03. The van der Waals surface area contributed by atoms with E-state index in [9.17, 15) is 18.0 Å². The van der Waals surface area contributed by atoms with Gasteiger partial charge in [-0.05, 0) is 48.9 Å². The van der Waals surface area contributed by atoms with Crippen molar-refractivity contribution in [3.63, 3.8) is 0 Å². The van der Waals surface area contributed by atoms with Gasteiger partial charge in [0, 0.05) is 5.69 Å². The van der Waals surface area contributed by atoms with E-state index >= 15 is 0 Å². The van der Waals surface area contributed by atoms with E-state index in [1.54, 1.807) is 16.9 Å². The molecule has 0 aliphatic rings. The monoisotopic (exact) mass is 378 g/mol. The molecule has 2 aromatic carbocycles. The molecule has 0 fully saturated rings. The van der Waals surface area contributed by atoms with E-state index in [0.717, 1.165) is 12.7 Å². The number of aryl methyl sites for hydroxylation is 1. The Morgan fingerprint density at radius 3 is 2.38 bits per heavy atom. The van der Waals surface area contributed by atoms with Crippen molar-refractivity contribution < 1.29 is 27.5 Å². The molecular weight excluding hydrogens is 360 g/mol. The standard InChI is InChI=1S/C17H18N2O6S/c1-12-4-3-5-14(10-12)25-11-16(20)18-13-6-8-15(9-7-13)26(22,23)19-17(21)24-2/h3-10H,11H2,1-2H3,(H,18,20)(H,19,21). The van der Waals surface area contributed by atoms with Gasteiger partial charge in [-0.3, -0.25) is 4.79 Å². The normalized spacial score (nSPS) is 10.7. The zero-order valence-electron chi connectivity index (χ0n) is 14.2. The molecule has 0 unspecified atom stereocenters. The summed E-state index contributed by atoms with van der Waals surface area (Å²) in [4.78, 5) is 22.8. The maximum atomic E-state index is 11.9. The quantitative estimate of drug-likeness (QED) is 0.796. The molecule has 0 spiro atoms. The van der Waals surface area contributed by atoms with Gasteiger partial charge in [0.2, 0.25) is 0 Å². The molecule has 0 bridgehead atoms. The molecule has 2 amide bonds. The Labute approximate surface area is 151 Å². The average molecular weight is 378 g/mol. The zero-order chi connectivity index (χ0) is 19.2. The molecule has 2 aromatic rings. The number of ether oxygens (including phenoxy) is 2. The Bertz CT molecular complexity index is 894. The van der Waals surface area contributed by atoms with Gasteiger partial charge in [-0.2, -0.15) is 0 Å². The largest absolute Gasteiger partial charge is 0.484 e. The van der Waals surface area contributed by atoms with Crippen LogP contribution in [0.1, 0.15) is 5.56 Å². The molecule has 0 radical (unpaired) electrons. The lowest BCUT2D eigenvalue weighted by molar-refractivity contribution is -0.118. The van der Waals surface area contributed by atoms with Gasteiger partial charge in [0.25, 0.3) is 15.9 Å². The average Bonchev–Trinajstić information content (AvgIpc) is 2.60. The number of methoxy groups -OCH3 is 1. The van der Waals surface area contributed by atoms with Crippen molar-refractivity contribution in [3.05, 3.63) is 54.1 Å². The van der Waals surface area contributed by atoms with E-state index in [-0.39, 0.29) is 11.5 Å². The maximum Gasteiger partial charge on any atom is 0.420 e. The number of carbonyl (C=O) groups excluding carboxylic acids is 2. The van der Waals surface area contributed by atoms with E-state index in [1.807, 2.05) is 19.1 Å². The summed E-state index contributed by atoms with van der Waals surface area (Å²) in [6, 6.07) is 12.6. The number of rotatable bonds is 6. The predicted octanol–water partition coefficient (Wildman–Crippen LogP) is 2.06. The third kappa shape index (κ3) is 5.49. The molecule has 138 valence electrons. The van der Waals surface area contributed by atoms with Crippen molar-refractivity contribution in [2.45, 2.75) is 11.8 Å². The number of benzene rings is 2. The highest BCUT2D eigenvalue weighted by Gasteiger charge is 2.17. The Balaban J connectivity index is 1.94. The van der Waals surface area contributed by atoms with Crippen molar-refractivity contribution in [1.29, 1.82) is 0 Å². The first-order chi connectivity index (χ1) is 12.3. The van der Waals surface area contributed by atoms with Crippen LogP contribution in [0, 0.1) is 6.92 Å². The summed E-state index contributed by atoms with van der Waals surface area (Å²) in [5.41, 5.74) is 1.40. The number of anilines is 1. The Morgan fingerprint density at radius 1 is 1.08 bits per heavy atom. The van der Waals surface area contributed by atoms with Crippen LogP contribution in [0.3, 0.4) is 0 Å². The van der Waals surface area contributed by atoms with Crippen LogP contribution in [0.15, 0.2) is 53.4 Å². The summed E-state index contributed by atoms with van der Waals surface area (Å²) < 4.78 is 35.2. The van der Waals surface area contributed by atoms with Gasteiger partial charge in [0.15, 0.2) is 6.61 Å². The highest BCUT2D eigenvalue weighted by Crippen LogP contribution is 2.15. The van der Waals surface area contributed by atoms with Gasteiger partial charge in [0.1, 0.15) is 5.75 Å². The smallest absolute Gasteiger partial charge is 0.420 e. The molecule has 2 rings (SSSR count). The maximum absolute atomic E-state index is 11.9. The van der Waals surface area contributed by atoms with E-state index < -0.39 is 22.0 Å². The van der Waals surface area contributed by atoms with Crippen molar-refractivity contribution in [2.24, 2.45) is 0 Å². The third-order valence-electron chi connectivity index (χ3n) is 3.21. The van der Waals surface area contributed by atoms with E-state index in [4.69, 9.17) is 4.74 Å². The lowest BCUT2D eigenvalue weighted by Crippen LogP contribution is -2.30. The number of nitrogens with one attached hydrogen (secondary N) is 2. The first-order valence-electron chi connectivity index (χ1n) is 7.50. The number of carbonyl (C=O) groups is 2. The lowest BCUT2D eigenvalue weighted by atomic mass is 10.2. The molecule has 0 saturated heterocycles. The number of hydrogen-bond donors (Lipinski definition) is 2. The summed E-state index contributed by atoms with van der Waals surface area (Å²) in [5, 5.41) is 2.59. The molecule has 0 aliphatic heterocycles. The van der Waals surface area contributed by atoms with Gasteiger partial charge in [-0.15, -0.1) is 0 Å². The lowest BCUT2D eigenvalue weighted by Gasteiger charge is -2.09. The fourth-order valence-electron chi connectivity index (χ4n) is 1.98. The Morgan fingerprint density at radius 2 is 1.77 bits per heavy atom. The molecular formula is C17H18N2O6S. The highest BCUT2D eigenvalue weighted by molar-refractivity contribution is 7.90. The molecule has 0 saturated carbocycles. The molecule has 8 nitrogen and oxygen atoms in total. The van der Waals surface area contributed by atoms with Crippen LogP contribution in [0.5, 0.6) is 5.75 Å². The SMILES string of the molecule is COC(=O)NS(=O)(=O)c1ccc(NC(=O)COc2cccc(C)c2)cc1. The summed E-state index contributed by atoms with van der Waals surface area (Å²) in [6.07, 6.45) is -1.09. The van der Waals surface area contributed by atoms with Crippen LogP contribution in [0.4, 0.5) is 10.5 Å². The van der Waals surface area contributed by atoms with Gasteiger partial charge >= 0.3 is 6.09 Å². The van der Waals surface area contributed by atoms with Crippen LogP contribution in [-0.4, -0.2) is 34.1 Å². The second-order valence-corrected chi connectivity index (χ2v) is 6.96. The molecule has 0 aliphatic carbocycles. The fraction of sp³-hybridized carbons (Fsp3) is 0.176. The van der Waals surface area contributed by atoms with Crippen molar-refractivity contribution in [3.8, 4) is 5.75 Å². The first-order valence-corrected chi connectivity index (χ1v) is 8.98. The van der Waals surface area contributed by atoms with E-state index in [1.165, 1.54) is 24.3 Å². The topological polar surface area (TPSA) is 111 Å². The third-order valence-corrected chi connectivity index (χ3v) is 4.54. The number of sulfonamides is 1. The zero-order valence-corrected chi connectivity index (χ0v) is 15.0. The van der Waals surface area contributed by atoms with Crippen LogP contribution in [0.2, 0.25) is 0 Å². The number of hydrogen-bond acceptors (Lipinski definition) is 6. The van der Waals surface area contributed by atoms with Crippen LogP contribution in [-0.2, 0) is 19.6 Å². The van der Waals surface area contributed by atoms with Crippen LogP contribution in [0.25, 0.3) is 0 Å². The number of amides is 2. The Kier molecular flexibility index (Phi) is 6.18. The second-order valence-electron chi connectivity index (χ2n) is 5.27. The summed E-state index contributed by atoms with van der Waals surface area (Å²) in [7, 11) is -2.97. The summed E-state index contributed by atoms with van der Waals surface area (Å²) >= 11 is 0. The molecule has 0 atom stereocenters. The van der Waals surface area contributed by atoms with Crippen molar-refractivity contribution >= 4 is 27.7 Å². The minimum absolute atomic E-state index is 0.142. The molecule has 0 heterocycles. The molecule has 2 N–H and O–H groups in total. The van der Waals surface area contributed by atoms with Crippen molar-refractivity contribution in [2.75, 3.05) is 19.0 Å².